The molecule has 16 heavy (non-hydrogen) atoms. The van der Waals surface area contributed by atoms with E-state index >= 15 is 0 Å². The molecule has 0 spiro atoms. The first-order valence-corrected chi connectivity index (χ1v) is 6.41. The highest BCUT2D eigenvalue weighted by Gasteiger charge is 2.08. The highest BCUT2D eigenvalue weighted by Crippen LogP contribution is 2.33. The molecule has 2 rings (SSSR count). The second-order valence-corrected chi connectivity index (χ2v) is 5.04. The fraction of sp³-hybridized carbons (Fsp3) is 0.364. The van der Waals surface area contributed by atoms with Crippen molar-refractivity contribution in [1.82, 2.24) is 4.98 Å². The molecule has 0 aliphatic rings. The molecular formula is C11H14ClN3S. The van der Waals surface area contributed by atoms with E-state index in [-0.39, 0.29) is 0 Å². The minimum absolute atomic E-state index is 0.692. The third-order valence-electron chi connectivity index (χ3n) is 2.35. The molecule has 0 amide bonds. The Morgan fingerprint density at radius 2 is 2.31 bits per heavy atom. The van der Waals surface area contributed by atoms with E-state index in [4.69, 9.17) is 17.3 Å². The topological polar surface area (TPSA) is 50.9 Å². The predicted molar refractivity (Wildman–Crippen MR) is 71.5 cm³/mol. The quantitative estimate of drug-likeness (QED) is 0.826. The van der Waals surface area contributed by atoms with Crippen LogP contribution in [0.5, 0.6) is 0 Å². The van der Waals surface area contributed by atoms with Gasteiger partial charge in [-0.15, -0.1) is 0 Å². The van der Waals surface area contributed by atoms with Crippen LogP contribution in [-0.4, -0.2) is 18.1 Å². The number of aromatic nitrogens is 1. The number of nitrogens with zero attached hydrogens (tertiary/aromatic N) is 1. The Hall–Kier alpha value is -0.840. The first-order valence-electron chi connectivity index (χ1n) is 5.22. The average Bonchev–Trinajstić information content (AvgIpc) is 2.69. The maximum Gasteiger partial charge on any atom is 0.183 e. The minimum Gasteiger partial charge on any atom is -0.361 e. The molecule has 0 aliphatic carbocycles. The number of rotatable bonds is 4. The summed E-state index contributed by atoms with van der Waals surface area (Å²) < 4.78 is 1.05. The molecule has 3 N–H and O–H groups in total. The maximum atomic E-state index is 6.13. The van der Waals surface area contributed by atoms with Crippen molar-refractivity contribution >= 4 is 38.3 Å². The van der Waals surface area contributed by atoms with Crippen molar-refractivity contribution in [3.8, 4) is 0 Å². The summed E-state index contributed by atoms with van der Waals surface area (Å²) >= 11 is 7.72. The Morgan fingerprint density at radius 3 is 3.00 bits per heavy atom. The zero-order chi connectivity index (χ0) is 11.5. The standard InChI is InChI=1S/C11H14ClN3S/c1-7-3-4-8(12)10-9(7)15-11(16-10)14-6-2-5-13/h3-4H,2,5-6,13H2,1H3,(H,14,15). The van der Waals surface area contributed by atoms with Gasteiger partial charge in [0.1, 0.15) is 0 Å². The van der Waals surface area contributed by atoms with Crippen LogP contribution in [0.3, 0.4) is 0 Å². The fourth-order valence-electron chi connectivity index (χ4n) is 1.48. The molecule has 0 unspecified atom stereocenters. The van der Waals surface area contributed by atoms with Gasteiger partial charge in [-0.3, -0.25) is 0 Å². The normalized spacial score (nSPS) is 10.9. The van der Waals surface area contributed by atoms with Gasteiger partial charge in [-0.2, -0.15) is 0 Å². The Morgan fingerprint density at radius 1 is 1.50 bits per heavy atom. The molecule has 0 saturated carbocycles. The molecule has 0 bridgehead atoms. The van der Waals surface area contributed by atoms with E-state index in [1.807, 2.05) is 19.1 Å². The van der Waals surface area contributed by atoms with Crippen molar-refractivity contribution in [3.63, 3.8) is 0 Å². The number of hydrogen-bond donors (Lipinski definition) is 2. The van der Waals surface area contributed by atoms with Crippen molar-refractivity contribution in [3.05, 3.63) is 22.7 Å². The SMILES string of the molecule is Cc1ccc(Cl)c2sc(NCCCN)nc12. The molecule has 1 aromatic heterocycles. The van der Waals surface area contributed by atoms with Crippen molar-refractivity contribution in [2.45, 2.75) is 13.3 Å². The van der Waals surface area contributed by atoms with Gasteiger partial charge in [-0.05, 0) is 31.5 Å². The molecule has 0 saturated heterocycles. The molecule has 2 aromatic rings. The first-order chi connectivity index (χ1) is 7.72. The first kappa shape index (κ1) is 11.6. The van der Waals surface area contributed by atoms with Gasteiger partial charge in [0.2, 0.25) is 0 Å². The summed E-state index contributed by atoms with van der Waals surface area (Å²) in [5.74, 6) is 0. The minimum atomic E-state index is 0.692. The number of halogens is 1. The molecule has 3 nitrogen and oxygen atoms in total. The molecule has 0 aliphatic heterocycles. The summed E-state index contributed by atoms with van der Waals surface area (Å²) in [4.78, 5) is 4.53. The lowest BCUT2D eigenvalue weighted by atomic mass is 10.2. The van der Waals surface area contributed by atoms with Gasteiger partial charge < -0.3 is 11.1 Å². The highest BCUT2D eigenvalue weighted by atomic mass is 35.5. The number of fused-ring (bicyclic) bond motifs is 1. The van der Waals surface area contributed by atoms with Crippen LogP contribution in [0.1, 0.15) is 12.0 Å². The molecule has 5 heteroatoms. The largest absolute Gasteiger partial charge is 0.361 e. The number of nitrogens with one attached hydrogen (secondary N) is 1. The highest BCUT2D eigenvalue weighted by molar-refractivity contribution is 7.22. The second-order valence-electron chi connectivity index (χ2n) is 3.63. The van der Waals surface area contributed by atoms with Crippen LogP contribution < -0.4 is 11.1 Å². The van der Waals surface area contributed by atoms with E-state index in [0.717, 1.165) is 38.9 Å². The van der Waals surface area contributed by atoms with E-state index in [0.29, 0.717) is 6.54 Å². The van der Waals surface area contributed by atoms with Gasteiger partial charge in [0.15, 0.2) is 5.13 Å². The van der Waals surface area contributed by atoms with Crippen LogP contribution in [0.15, 0.2) is 12.1 Å². The molecule has 0 fully saturated rings. The van der Waals surface area contributed by atoms with Crippen LogP contribution in [0.4, 0.5) is 5.13 Å². The van der Waals surface area contributed by atoms with Crippen LogP contribution >= 0.6 is 22.9 Å². The van der Waals surface area contributed by atoms with Gasteiger partial charge in [0, 0.05) is 6.54 Å². The lowest BCUT2D eigenvalue weighted by Crippen LogP contribution is -2.07. The second kappa shape index (κ2) is 4.99. The zero-order valence-corrected chi connectivity index (χ0v) is 10.7. The molecule has 0 atom stereocenters. The molecular weight excluding hydrogens is 242 g/mol. The van der Waals surface area contributed by atoms with Crippen molar-refractivity contribution in [1.29, 1.82) is 0 Å². The molecule has 1 heterocycles. The Bertz CT molecular complexity index is 456. The van der Waals surface area contributed by atoms with Gasteiger partial charge in [0.25, 0.3) is 0 Å². The van der Waals surface area contributed by atoms with Gasteiger partial charge in [-0.25, -0.2) is 4.98 Å². The third kappa shape index (κ3) is 2.29. The van der Waals surface area contributed by atoms with Crippen LogP contribution in [0.2, 0.25) is 5.02 Å². The van der Waals surface area contributed by atoms with E-state index in [1.54, 1.807) is 11.3 Å². The summed E-state index contributed by atoms with van der Waals surface area (Å²) in [6, 6.07) is 3.91. The van der Waals surface area contributed by atoms with Gasteiger partial charge in [0.05, 0.1) is 15.2 Å². The number of benzene rings is 1. The number of thiazole rings is 1. The van der Waals surface area contributed by atoms with E-state index in [2.05, 4.69) is 10.3 Å². The van der Waals surface area contributed by atoms with E-state index in [9.17, 15) is 0 Å². The Labute approximate surface area is 104 Å². The van der Waals surface area contributed by atoms with Crippen LogP contribution in [0.25, 0.3) is 10.2 Å². The van der Waals surface area contributed by atoms with Crippen molar-refractivity contribution in [2.75, 3.05) is 18.4 Å². The summed E-state index contributed by atoms with van der Waals surface area (Å²) in [6.07, 6.45) is 0.947. The summed E-state index contributed by atoms with van der Waals surface area (Å²) in [7, 11) is 0. The van der Waals surface area contributed by atoms with Crippen molar-refractivity contribution < 1.29 is 0 Å². The lowest BCUT2D eigenvalue weighted by molar-refractivity contribution is 0.873. The van der Waals surface area contributed by atoms with Crippen molar-refractivity contribution in [2.24, 2.45) is 5.73 Å². The number of nitrogens with two attached hydrogens (primary N) is 1. The third-order valence-corrected chi connectivity index (χ3v) is 3.83. The number of anilines is 1. The number of aryl methyl sites for hydroxylation is 1. The summed E-state index contributed by atoms with van der Waals surface area (Å²) in [5, 5.41) is 4.94. The van der Waals surface area contributed by atoms with Gasteiger partial charge >= 0.3 is 0 Å². The molecule has 0 radical (unpaired) electrons. The van der Waals surface area contributed by atoms with Crippen LogP contribution in [-0.2, 0) is 0 Å². The summed E-state index contributed by atoms with van der Waals surface area (Å²) in [5.41, 5.74) is 7.59. The summed E-state index contributed by atoms with van der Waals surface area (Å²) in [6.45, 7) is 3.59. The van der Waals surface area contributed by atoms with Gasteiger partial charge in [-0.1, -0.05) is 29.0 Å². The smallest absolute Gasteiger partial charge is 0.183 e. The average molecular weight is 256 g/mol. The fourth-order valence-corrected chi connectivity index (χ4v) is 2.72. The number of hydrogen-bond acceptors (Lipinski definition) is 4. The maximum absolute atomic E-state index is 6.13. The Balaban J connectivity index is 2.29. The monoisotopic (exact) mass is 255 g/mol. The predicted octanol–water partition coefficient (Wildman–Crippen LogP) is 3.02. The zero-order valence-electron chi connectivity index (χ0n) is 9.09. The van der Waals surface area contributed by atoms with E-state index < -0.39 is 0 Å². The molecule has 86 valence electrons. The molecule has 1 aromatic carbocycles. The Kier molecular flexibility index (Phi) is 3.63. The van der Waals surface area contributed by atoms with Crippen LogP contribution in [0, 0.1) is 6.92 Å². The lowest BCUT2D eigenvalue weighted by Gasteiger charge is -1.98. The van der Waals surface area contributed by atoms with E-state index in [1.165, 1.54) is 0 Å².